The summed E-state index contributed by atoms with van der Waals surface area (Å²) < 4.78 is 5.41. The lowest BCUT2D eigenvalue weighted by Gasteiger charge is -2.46. The van der Waals surface area contributed by atoms with Gasteiger partial charge in [-0.3, -0.25) is 0 Å². The highest BCUT2D eigenvalue weighted by atomic mass is 32.1. The zero-order valence-electron chi connectivity index (χ0n) is 12.7. The van der Waals surface area contributed by atoms with Crippen molar-refractivity contribution in [3.63, 3.8) is 0 Å². The van der Waals surface area contributed by atoms with Crippen LogP contribution in [-0.4, -0.2) is 24.7 Å². The second-order valence-electron chi connectivity index (χ2n) is 6.19. The first-order valence-corrected chi connectivity index (χ1v) is 8.36. The predicted octanol–water partition coefficient (Wildman–Crippen LogP) is 3.49. The second kappa shape index (κ2) is 6.22. The number of ether oxygens (including phenoxy) is 1. The smallest absolute Gasteiger partial charge is 0.120 e. The summed E-state index contributed by atoms with van der Waals surface area (Å²) in [5, 5.41) is 0. The van der Waals surface area contributed by atoms with E-state index in [4.69, 9.17) is 22.7 Å². The van der Waals surface area contributed by atoms with E-state index in [-0.39, 0.29) is 0 Å². The summed E-state index contributed by atoms with van der Waals surface area (Å²) >= 11 is 5.26. The summed E-state index contributed by atoms with van der Waals surface area (Å²) in [7, 11) is 1.71. The molecule has 2 N–H and O–H groups in total. The average Bonchev–Trinajstić information content (AvgIpc) is 2.53. The molecule has 0 spiro atoms. The number of rotatable bonds is 3. The van der Waals surface area contributed by atoms with Gasteiger partial charge >= 0.3 is 0 Å². The summed E-state index contributed by atoms with van der Waals surface area (Å²) in [5.74, 6) is 1.71. The second-order valence-corrected chi connectivity index (χ2v) is 6.63. The number of nitrogens with two attached hydrogens (primary N) is 1. The van der Waals surface area contributed by atoms with Crippen LogP contribution in [0.1, 0.15) is 44.1 Å². The number of benzene rings is 1. The monoisotopic (exact) mass is 304 g/mol. The van der Waals surface area contributed by atoms with Gasteiger partial charge in [-0.25, -0.2) is 0 Å². The fraction of sp³-hybridized carbons (Fsp3) is 0.588. The number of hydrogen-bond acceptors (Lipinski definition) is 3. The lowest BCUT2D eigenvalue weighted by Crippen LogP contribution is -2.47. The van der Waals surface area contributed by atoms with Crippen LogP contribution >= 0.6 is 12.2 Å². The quantitative estimate of drug-likeness (QED) is 0.868. The Bertz CT molecular complexity index is 530. The fourth-order valence-corrected chi connectivity index (χ4v) is 4.18. The molecule has 3 nitrogen and oxygen atoms in total. The third-order valence-electron chi connectivity index (χ3n) is 5.02. The SMILES string of the molecule is COc1ccc(C(N)=S)c(N2CCCC3CCCCC32)c1. The van der Waals surface area contributed by atoms with Gasteiger partial charge in [-0.1, -0.05) is 25.1 Å². The van der Waals surface area contributed by atoms with Gasteiger partial charge in [0.15, 0.2) is 0 Å². The van der Waals surface area contributed by atoms with Crippen LogP contribution in [0.2, 0.25) is 0 Å². The van der Waals surface area contributed by atoms with Crippen LogP contribution in [0.3, 0.4) is 0 Å². The van der Waals surface area contributed by atoms with E-state index in [1.807, 2.05) is 12.1 Å². The molecule has 1 aromatic carbocycles. The first-order valence-electron chi connectivity index (χ1n) is 7.95. The molecule has 0 bridgehead atoms. The molecule has 114 valence electrons. The third kappa shape index (κ3) is 2.86. The lowest BCUT2D eigenvalue weighted by molar-refractivity contribution is 0.243. The van der Waals surface area contributed by atoms with Crippen LogP contribution in [0, 0.1) is 5.92 Å². The number of fused-ring (bicyclic) bond motifs is 1. The molecule has 0 amide bonds. The average molecular weight is 304 g/mol. The highest BCUT2D eigenvalue weighted by molar-refractivity contribution is 7.80. The van der Waals surface area contributed by atoms with E-state index in [1.165, 1.54) is 44.2 Å². The molecule has 0 aromatic heterocycles. The van der Waals surface area contributed by atoms with Gasteiger partial charge in [0.05, 0.1) is 12.8 Å². The maximum absolute atomic E-state index is 5.94. The number of anilines is 1. The van der Waals surface area contributed by atoms with E-state index in [1.54, 1.807) is 7.11 Å². The van der Waals surface area contributed by atoms with Crippen molar-refractivity contribution in [1.29, 1.82) is 0 Å². The number of hydrogen-bond donors (Lipinski definition) is 1. The molecular formula is C17H24N2OS. The van der Waals surface area contributed by atoms with Crippen molar-refractivity contribution >= 4 is 22.9 Å². The van der Waals surface area contributed by atoms with Crippen LogP contribution in [0.15, 0.2) is 18.2 Å². The van der Waals surface area contributed by atoms with Crippen molar-refractivity contribution in [2.45, 2.75) is 44.6 Å². The van der Waals surface area contributed by atoms with E-state index in [0.717, 1.165) is 23.8 Å². The van der Waals surface area contributed by atoms with Crippen LogP contribution in [0.4, 0.5) is 5.69 Å². The van der Waals surface area contributed by atoms with Crippen molar-refractivity contribution in [1.82, 2.24) is 0 Å². The Labute approximate surface area is 132 Å². The summed E-state index contributed by atoms with van der Waals surface area (Å²) in [4.78, 5) is 3.02. The topological polar surface area (TPSA) is 38.5 Å². The standard InChI is InChI=1S/C17H24N2OS/c1-20-13-8-9-14(17(18)21)16(11-13)19-10-4-6-12-5-2-3-7-15(12)19/h8-9,11-12,15H,2-7,10H2,1H3,(H2,18,21). The zero-order valence-corrected chi connectivity index (χ0v) is 13.5. The highest BCUT2D eigenvalue weighted by Gasteiger charge is 2.34. The van der Waals surface area contributed by atoms with Gasteiger partial charge in [-0.2, -0.15) is 0 Å². The molecule has 4 heteroatoms. The number of piperidine rings is 1. The first-order chi connectivity index (χ1) is 10.2. The fourth-order valence-electron chi connectivity index (χ4n) is 4.01. The normalized spacial score (nSPS) is 25.3. The molecule has 2 aliphatic rings. The molecule has 21 heavy (non-hydrogen) atoms. The lowest BCUT2D eigenvalue weighted by atomic mass is 9.78. The van der Waals surface area contributed by atoms with Crippen LogP contribution in [-0.2, 0) is 0 Å². The van der Waals surface area contributed by atoms with Gasteiger partial charge in [0, 0.05) is 24.2 Å². The molecule has 1 aliphatic heterocycles. The van der Waals surface area contributed by atoms with E-state index < -0.39 is 0 Å². The minimum Gasteiger partial charge on any atom is -0.497 e. The van der Waals surface area contributed by atoms with E-state index in [0.29, 0.717) is 11.0 Å². The highest BCUT2D eigenvalue weighted by Crippen LogP contribution is 2.39. The summed E-state index contributed by atoms with van der Waals surface area (Å²) in [5.41, 5.74) is 8.09. The van der Waals surface area contributed by atoms with Crippen molar-refractivity contribution in [3.8, 4) is 5.75 Å². The van der Waals surface area contributed by atoms with E-state index >= 15 is 0 Å². The number of nitrogens with zero attached hydrogens (tertiary/aromatic N) is 1. The van der Waals surface area contributed by atoms with Crippen molar-refractivity contribution in [2.24, 2.45) is 11.7 Å². The molecule has 1 saturated carbocycles. The van der Waals surface area contributed by atoms with Crippen molar-refractivity contribution in [3.05, 3.63) is 23.8 Å². The predicted molar refractivity (Wildman–Crippen MR) is 91.2 cm³/mol. The Morgan fingerprint density at radius 1 is 1.24 bits per heavy atom. The number of thiocarbonyl (C=S) groups is 1. The van der Waals surface area contributed by atoms with Gasteiger partial charge in [-0.05, 0) is 43.7 Å². The minimum absolute atomic E-state index is 0.477. The van der Waals surface area contributed by atoms with Gasteiger partial charge in [0.25, 0.3) is 0 Å². The molecule has 2 unspecified atom stereocenters. The van der Waals surface area contributed by atoms with Gasteiger partial charge in [0.2, 0.25) is 0 Å². The Kier molecular flexibility index (Phi) is 4.34. The molecule has 1 heterocycles. The molecule has 0 radical (unpaired) electrons. The van der Waals surface area contributed by atoms with E-state index in [9.17, 15) is 0 Å². The van der Waals surface area contributed by atoms with Crippen molar-refractivity contribution in [2.75, 3.05) is 18.6 Å². The molecule has 1 saturated heterocycles. The summed E-state index contributed by atoms with van der Waals surface area (Å²) in [6.45, 7) is 1.10. The van der Waals surface area contributed by atoms with Crippen molar-refractivity contribution < 1.29 is 4.74 Å². The first kappa shape index (κ1) is 14.6. The minimum atomic E-state index is 0.477. The van der Waals surface area contributed by atoms with Crippen LogP contribution in [0.5, 0.6) is 5.75 Å². The Hall–Kier alpha value is -1.29. The van der Waals surface area contributed by atoms with Gasteiger partial charge < -0.3 is 15.4 Å². The van der Waals surface area contributed by atoms with Crippen LogP contribution in [0.25, 0.3) is 0 Å². The van der Waals surface area contributed by atoms with Crippen LogP contribution < -0.4 is 15.4 Å². The summed E-state index contributed by atoms with van der Waals surface area (Å²) in [6, 6.07) is 6.70. The van der Waals surface area contributed by atoms with E-state index in [2.05, 4.69) is 11.0 Å². The Morgan fingerprint density at radius 3 is 2.76 bits per heavy atom. The summed E-state index contributed by atoms with van der Waals surface area (Å²) in [6.07, 6.45) is 8.01. The van der Waals surface area contributed by atoms with Gasteiger partial charge in [-0.15, -0.1) is 0 Å². The maximum Gasteiger partial charge on any atom is 0.120 e. The largest absolute Gasteiger partial charge is 0.497 e. The number of methoxy groups -OCH3 is 1. The molecule has 2 atom stereocenters. The third-order valence-corrected chi connectivity index (χ3v) is 5.24. The Balaban J connectivity index is 1.98. The maximum atomic E-state index is 5.94. The Morgan fingerprint density at radius 2 is 2.00 bits per heavy atom. The van der Waals surface area contributed by atoms with Gasteiger partial charge in [0.1, 0.15) is 10.7 Å². The molecule has 1 aliphatic carbocycles. The molecule has 2 fully saturated rings. The molecule has 3 rings (SSSR count). The zero-order chi connectivity index (χ0) is 14.8. The molecule has 1 aromatic rings. The molecular weight excluding hydrogens is 280 g/mol.